The molecule has 0 atom stereocenters. The van der Waals surface area contributed by atoms with E-state index < -0.39 is 10.0 Å². The van der Waals surface area contributed by atoms with Crippen LogP contribution < -0.4 is 9.47 Å². The lowest BCUT2D eigenvalue weighted by atomic mass is 10.1. The number of H-pyrrole nitrogens is 1. The van der Waals surface area contributed by atoms with Crippen molar-refractivity contribution < 1.29 is 22.7 Å². The molecule has 4 rings (SSSR count). The molecule has 10 heteroatoms. The first-order valence-electron chi connectivity index (χ1n) is 10.1. The zero-order valence-electron chi connectivity index (χ0n) is 17.8. The highest BCUT2D eigenvalue weighted by Gasteiger charge is 2.32. The van der Waals surface area contributed by atoms with Crippen LogP contribution in [-0.2, 0) is 10.0 Å². The number of aromatic nitrogens is 2. The van der Waals surface area contributed by atoms with Crippen LogP contribution in [-0.4, -0.2) is 74.1 Å². The maximum absolute atomic E-state index is 13.1. The van der Waals surface area contributed by atoms with E-state index in [4.69, 9.17) is 9.47 Å². The van der Waals surface area contributed by atoms with Crippen LogP contribution in [0.4, 0.5) is 0 Å². The number of hydrogen-bond donors (Lipinski definition) is 1. The number of ether oxygens (including phenoxy) is 2. The lowest BCUT2D eigenvalue weighted by Gasteiger charge is -2.34. The number of sulfonamides is 1. The number of nitrogens with one attached hydrogen (secondary N) is 1. The summed E-state index contributed by atoms with van der Waals surface area (Å²) in [6, 6.07) is 14.0. The number of hydrogen-bond acceptors (Lipinski definition) is 6. The molecular weight excluding hydrogens is 432 g/mol. The molecule has 2 aromatic carbocycles. The molecule has 1 amide bonds. The molecule has 168 valence electrons. The molecule has 0 spiro atoms. The fourth-order valence-corrected chi connectivity index (χ4v) is 5.14. The van der Waals surface area contributed by atoms with E-state index in [1.165, 1.54) is 36.9 Å². The minimum absolute atomic E-state index is 0.121. The first-order chi connectivity index (χ1) is 15.5. The van der Waals surface area contributed by atoms with Gasteiger partial charge in [0.2, 0.25) is 10.0 Å². The third-order valence-electron chi connectivity index (χ3n) is 5.45. The molecule has 32 heavy (non-hydrogen) atoms. The van der Waals surface area contributed by atoms with Crippen molar-refractivity contribution in [3.63, 3.8) is 0 Å². The highest BCUT2D eigenvalue weighted by molar-refractivity contribution is 7.89. The Hall–Kier alpha value is -3.37. The Bertz CT molecular complexity index is 1200. The Balaban J connectivity index is 1.48. The predicted octanol–water partition coefficient (Wildman–Crippen LogP) is 2.24. The van der Waals surface area contributed by atoms with Crippen LogP contribution in [0.1, 0.15) is 10.4 Å². The zero-order valence-corrected chi connectivity index (χ0v) is 18.6. The van der Waals surface area contributed by atoms with Crippen LogP contribution in [0, 0.1) is 0 Å². The summed E-state index contributed by atoms with van der Waals surface area (Å²) in [7, 11) is -0.784. The molecule has 0 unspecified atom stereocenters. The van der Waals surface area contributed by atoms with E-state index in [1.54, 1.807) is 11.0 Å². The summed E-state index contributed by atoms with van der Waals surface area (Å²) in [5, 5.41) is 6.93. The van der Waals surface area contributed by atoms with Crippen molar-refractivity contribution in [2.45, 2.75) is 4.90 Å². The van der Waals surface area contributed by atoms with Crippen LogP contribution in [0.15, 0.2) is 59.6 Å². The molecule has 0 radical (unpaired) electrons. The number of carbonyl (C=O) groups excluding carboxylic acids is 1. The van der Waals surface area contributed by atoms with Gasteiger partial charge < -0.3 is 14.4 Å². The third kappa shape index (κ3) is 4.06. The van der Waals surface area contributed by atoms with Gasteiger partial charge in [0, 0.05) is 37.8 Å². The van der Waals surface area contributed by atoms with E-state index in [0.717, 1.165) is 5.56 Å². The van der Waals surface area contributed by atoms with Gasteiger partial charge in [0.15, 0.2) is 11.5 Å². The zero-order chi connectivity index (χ0) is 22.7. The highest BCUT2D eigenvalue weighted by Crippen LogP contribution is 2.31. The summed E-state index contributed by atoms with van der Waals surface area (Å²) in [5.74, 6) is 0.618. The molecule has 9 nitrogen and oxygen atoms in total. The van der Waals surface area contributed by atoms with Gasteiger partial charge in [0.05, 0.1) is 36.6 Å². The maximum Gasteiger partial charge on any atom is 0.257 e. The van der Waals surface area contributed by atoms with Crippen molar-refractivity contribution in [3.05, 3.63) is 60.3 Å². The molecule has 1 aliphatic rings. The topological polar surface area (TPSA) is 105 Å². The highest BCUT2D eigenvalue weighted by atomic mass is 32.2. The molecule has 1 aliphatic heterocycles. The van der Waals surface area contributed by atoms with Crippen LogP contribution in [0.3, 0.4) is 0 Å². The number of carbonyl (C=O) groups is 1. The Labute approximate surface area is 186 Å². The summed E-state index contributed by atoms with van der Waals surface area (Å²) in [4.78, 5) is 14.9. The van der Waals surface area contributed by atoms with E-state index in [2.05, 4.69) is 10.2 Å². The smallest absolute Gasteiger partial charge is 0.257 e. The SMILES string of the molecule is COc1ccc(S(=O)(=O)N2CCN(C(=O)c3cn[nH]c3-c3ccccc3)CC2)cc1OC. The molecule has 3 aromatic rings. The van der Waals surface area contributed by atoms with Crippen molar-refractivity contribution in [1.82, 2.24) is 19.4 Å². The third-order valence-corrected chi connectivity index (χ3v) is 7.35. The normalized spacial score (nSPS) is 14.9. The van der Waals surface area contributed by atoms with Gasteiger partial charge in [0.1, 0.15) is 0 Å². The van der Waals surface area contributed by atoms with Gasteiger partial charge in [0.25, 0.3) is 5.91 Å². The number of piperazine rings is 1. The van der Waals surface area contributed by atoms with E-state index in [9.17, 15) is 13.2 Å². The van der Waals surface area contributed by atoms with E-state index in [0.29, 0.717) is 22.8 Å². The lowest BCUT2D eigenvalue weighted by molar-refractivity contribution is 0.0698. The Morgan fingerprint density at radius 2 is 1.66 bits per heavy atom. The van der Waals surface area contributed by atoms with Crippen LogP contribution in [0.5, 0.6) is 11.5 Å². The number of aromatic amines is 1. The average Bonchev–Trinajstić information content (AvgIpc) is 3.33. The largest absolute Gasteiger partial charge is 0.493 e. The molecule has 0 bridgehead atoms. The number of nitrogens with zero attached hydrogens (tertiary/aromatic N) is 3. The van der Waals surface area contributed by atoms with Gasteiger partial charge >= 0.3 is 0 Å². The number of rotatable bonds is 6. The quantitative estimate of drug-likeness (QED) is 0.610. The van der Waals surface area contributed by atoms with Gasteiger partial charge in [-0.1, -0.05) is 30.3 Å². The van der Waals surface area contributed by atoms with Crippen LogP contribution in [0.25, 0.3) is 11.3 Å². The molecule has 0 saturated carbocycles. The average molecular weight is 457 g/mol. The second-order valence-corrected chi connectivity index (χ2v) is 9.18. The Kier molecular flexibility index (Phi) is 6.15. The van der Waals surface area contributed by atoms with Crippen molar-refractivity contribution in [3.8, 4) is 22.8 Å². The summed E-state index contributed by atoms with van der Waals surface area (Å²) >= 11 is 0. The fraction of sp³-hybridized carbons (Fsp3) is 0.273. The summed E-state index contributed by atoms with van der Waals surface area (Å²) in [5.41, 5.74) is 1.98. The first-order valence-corrected chi connectivity index (χ1v) is 11.5. The lowest BCUT2D eigenvalue weighted by Crippen LogP contribution is -2.50. The molecule has 0 aliphatic carbocycles. The monoisotopic (exact) mass is 456 g/mol. The Morgan fingerprint density at radius 3 is 2.31 bits per heavy atom. The van der Waals surface area contributed by atoms with Gasteiger partial charge in [-0.3, -0.25) is 9.89 Å². The Morgan fingerprint density at radius 1 is 0.969 bits per heavy atom. The van der Waals surface area contributed by atoms with E-state index >= 15 is 0 Å². The van der Waals surface area contributed by atoms with E-state index in [1.807, 2.05) is 30.3 Å². The summed E-state index contributed by atoms with van der Waals surface area (Å²) in [6.07, 6.45) is 1.51. The minimum Gasteiger partial charge on any atom is -0.493 e. The van der Waals surface area contributed by atoms with Crippen LogP contribution in [0.2, 0.25) is 0 Å². The molecule has 1 fully saturated rings. The van der Waals surface area contributed by atoms with Gasteiger partial charge in [-0.15, -0.1) is 0 Å². The fourth-order valence-electron chi connectivity index (χ4n) is 3.70. The summed E-state index contributed by atoms with van der Waals surface area (Å²) in [6.45, 7) is 0.956. The standard InChI is InChI=1S/C22H24N4O5S/c1-30-19-9-8-17(14-20(19)31-2)32(28,29)26-12-10-25(11-13-26)22(27)18-15-23-24-21(18)16-6-4-3-5-7-16/h3-9,14-15H,10-13H2,1-2H3,(H,23,24). The van der Waals surface area contributed by atoms with Gasteiger partial charge in [-0.25, -0.2) is 8.42 Å². The maximum atomic E-state index is 13.1. The summed E-state index contributed by atoms with van der Waals surface area (Å²) < 4.78 is 38.0. The van der Waals surface area contributed by atoms with Crippen LogP contribution >= 0.6 is 0 Å². The molecule has 1 N–H and O–H groups in total. The van der Waals surface area contributed by atoms with Gasteiger partial charge in [-0.2, -0.15) is 9.40 Å². The second kappa shape index (κ2) is 9.01. The van der Waals surface area contributed by atoms with Crippen molar-refractivity contribution in [2.24, 2.45) is 0 Å². The predicted molar refractivity (Wildman–Crippen MR) is 118 cm³/mol. The number of benzene rings is 2. The molecule has 1 saturated heterocycles. The molecule has 2 heterocycles. The first kappa shape index (κ1) is 21.8. The van der Waals surface area contributed by atoms with Crippen molar-refractivity contribution >= 4 is 15.9 Å². The van der Waals surface area contributed by atoms with Gasteiger partial charge in [-0.05, 0) is 12.1 Å². The number of amides is 1. The van der Waals surface area contributed by atoms with Crippen molar-refractivity contribution in [1.29, 1.82) is 0 Å². The molecular formula is C22H24N4O5S. The van der Waals surface area contributed by atoms with Crippen molar-refractivity contribution in [2.75, 3.05) is 40.4 Å². The van der Waals surface area contributed by atoms with E-state index in [-0.39, 0.29) is 37.0 Å². The number of methoxy groups -OCH3 is 2. The minimum atomic E-state index is -3.73. The molecule has 1 aromatic heterocycles. The second-order valence-electron chi connectivity index (χ2n) is 7.24.